The number of para-hydroxylation sites is 1. The highest BCUT2D eigenvalue weighted by Crippen LogP contribution is 2.47. The molecule has 4 rings (SSSR count). The van der Waals surface area contributed by atoms with Crippen molar-refractivity contribution in [1.82, 2.24) is 10.3 Å². The number of alkyl halides is 2. The number of H-pyrrole nitrogens is 1. The van der Waals surface area contributed by atoms with Crippen molar-refractivity contribution in [3.05, 3.63) is 57.5 Å². The van der Waals surface area contributed by atoms with E-state index < -0.39 is 11.2 Å². The molecule has 3 heterocycles. The number of rotatable bonds is 2. The largest absolute Gasteiger partial charge is 0.586 e. The van der Waals surface area contributed by atoms with E-state index >= 15 is 0 Å². The molecule has 28 heavy (non-hydrogen) atoms. The fourth-order valence-electron chi connectivity index (χ4n) is 2.56. The number of nitro groups is 1. The molecule has 2 aromatic rings. The minimum Gasteiger partial charge on any atom is -0.395 e. The Morgan fingerprint density at radius 2 is 2.14 bits per heavy atom. The third-order valence-electron chi connectivity index (χ3n) is 3.69. The van der Waals surface area contributed by atoms with Crippen LogP contribution in [0.1, 0.15) is 12.0 Å². The van der Waals surface area contributed by atoms with Crippen molar-refractivity contribution in [2.24, 2.45) is 0 Å². The Morgan fingerprint density at radius 3 is 2.82 bits per heavy atom. The van der Waals surface area contributed by atoms with Gasteiger partial charge < -0.3 is 19.8 Å². The van der Waals surface area contributed by atoms with E-state index in [9.17, 15) is 18.9 Å². The number of hydrogen-bond donors (Lipinski definition) is 2. The number of ether oxygens (including phenoxy) is 2. The summed E-state index contributed by atoms with van der Waals surface area (Å²) in [6, 6.07) is 6.51. The maximum atomic E-state index is 13.0. The Kier molecular flexibility index (Phi) is 5.70. The lowest BCUT2D eigenvalue weighted by atomic mass is 10.0. The lowest BCUT2D eigenvalue weighted by molar-refractivity contribution is -0.403. The summed E-state index contributed by atoms with van der Waals surface area (Å²) in [6.45, 7) is 0.854. The van der Waals surface area contributed by atoms with E-state index in [1.165, 1.54) is 24.0 Å². The molecular formula is C17H14F2N4O4S. The number of aromatic nitrogens is 1. The third-order valence-corrected chi connectivity index (χ3v) is 4.74. The number of nitrogens with one attached hydrogen (secondary N) is 2. The summed E-state index contributed by atoms with van der Waals surface area (Å²) in [6.07, 6.45) is 1.47. The van der Waals surface area contributed by atoms with Gasteiger partial charge in [0.1, 0.15) is 11.1 Å². The molecule has 0 bridgehead atoms. The molecule has 1 fully saturated rings. The highest BCUT2D eigenvalue weighted by atomic mass is 32.2. The zero-order chi connectivity index (χ0) is 20.1. The minimum absolute atomic E-state index is 0.0393. The first kappa shape index (κ1) is 19.5. The Hall–Kier alpha value is -3.26. The van der Waals surface area contributed by atoms with Crippen LogP contribution in [0.5, 0.6) is 11.5 Å². The predicted molar refractivity (Wildman–Crippen MR) is 97.3 cm³/mol. The van der Waals surface area contributed by atoms with Crippen LogP contribution in [0.3, 0.4) is 0 Å². The van der Waals surface area contributed by atoms with E-state index in [0.717, 1.165) is 24.9 Å². The summed E-state index contributed by atoms with van der Waals surface area (Å²) in [7, 11) is 0. The van der Waals surface area contributed by atoms with Crippen LogP contribution in [-0.2, 0) is 0 Å². The molecule has 146 valence electrons. The zero-order valence-corrected chi connectivity index (χ0v) is 15.1. The van der Waals surface area contributed by atoms with E-state index in [4.69, 9.17) is 5.26 Å². The molecule has 8 nitrogen and oxygen atoms in total. The van der Waals surface area contributed by atoms with Crippen LogP contribution < -0.4 is 14.8 Å². The number of benzene rings is 1. The molecule has 0 radical (unpaired) electrons. The monoisotopic (exact) mass is 408 g/mol. The van der Waals surface area contributed by atoms with Crippen LogP contribution in [0.2, 0.25) is 0 Å². The molecule has 0 saturated carbocycles. The summed E-state index contributed by atoms with van der Waals surface area (Å²) in [5.74, 6) is 0.883. The van der Waals surface area contributed by atoms with Crippen molar-refractivity contribution in [2.45, 2.75) is 12.7 Å². The Morgan fingerprint density at radius 1 is 1.32 bits per heavy atom. The first-order valence-corrected chi connectivity index (χ1v) is 9.06. The number of hydrogen-bond acceptors (Lipinski definition) is 7. The molecule has 0 unspecified atom stereocenters. The van der Waals surface area contributed by atoms with Crippen molar-refractivity contribution in [2.75, 3.05) is 12.3 Å². The zero-order valence-electron chi connectivity index (χ0n) is 14.3. The van der Waals surface area contributed by atoms with Crippen molar-refractivity contribution >= 4 is 11.8 Å². The van der Waals surface area contributed by atoms with E-state index in [-0.39, 0.29) is 11.5 Å². The van der Waals surface area contributed by atoms with Gasteiger partial charge in [0.25, 0.3) is 6.20 Å². The molecule has 1 saturated heterocycles. The van der Waals surface area contributed by atoms with Gasteiger partial charge in [0.15, 0.2) is 11.5 Å². The van der Waals surface area contributed by atoms with E-state index in [1.807, 2.05) is 6.07 Å². The van der Waals surface area contributed by atoms with Gasteiger partial charge in [-0.2, -0.15) is 5.26 Å². The van der Waals surface area contributed by atoms with Gasteiger partial charge in [-0.25, -0.2) is 0 Å². The topological polar surface area (TPSA) is 113 Å². The van der Waals surface area contributed by atoms with E-state index in [0.29, 0.717) is 21.7 Å². The average Bonchev–Trinajstić information content (AvgIpc) is 3.24. The Bertz CT molecular complexity index is 947. The molecule has 11 heteroatoms. The number of nitriles is 1. The van der Waals surface area contributed by atoms with Crippen LogP contribution in [0.15, 0.2) is 41.8 Å². The fourth-order valence-corrected chi connectivity index (χ4v) is 3.43. The van der Waals surface area contributed by atoms with Crippen LogP contribution in [0, 0.1) is 21.4 Å². The SMILES string of the molecule is N#Cc1c[nH]cc1-c1cccc2c1OC(F)(F)O2.O=[N+]([O-])/C=C1/NCCCS1. The molecular weight excluding hydrogens is 394 g/mol. The molecule has 2 aliphatic heterocycles. The number of fused-ring (bicyclic) bond motifs is 1. The molecule has 2 aliphatic rings. The lowest BCUT2D eigenvalue weighted by Gasteiger charge is -2.12. The Balaban J connectivity index is 0.000000192. The van der Waals surface area contributed by atoms with Gasteiger partial charge >= 0.3 is 6.29 Å². The summed E-state index contributed by atoms with van der Waals surface area (Å²) >= 11 is 1.50. The molecule has 2 N–H and O–H groups in total. The second-order valence-electron chi connectivity index (χ2n) is 5.60. The summed E-state index contributed by atoms with van der Waals surface area (Å²) in [5, 5.41) is 22.5. The molecule has 1 aromatic carbocycles. The van der Waals surface area contributed by atoms with Crippen LogP contribution in [0.4, 0.5) is 8.78 Å². The molecule has 1 aromatic heterocycles. The number of halogens is 2. The molecule has 0 atom stereocenters. The summed E-state index contributed by atoms with van der Waals surface area (Å²) in [4.78, 5) is 12.3. The maximum absolute atomic E-state index is 13.0. The molecule has 0 spiro atoms. The van der Waals surface area contributed by atoms with E-state index in [1.54, 1.807) is 18.3 Å². The minimum atomic E-state index is -3.67. The average molecular weight is 408 g/mol. The van der Waals surface area contributed by atoms with Crippen LogP contribution in [0.25, 0.3) is 11.1 Å². The van der Waals surface area contributed by atoms with E-state index in [2.05, 4.69) is 19.8 Å². The first-order chi connectivity index (χ1) is 13.4. The smallest absolute Gasteiger partial charge is 0.395 e. The van der Waals surface area contributed by atoms with Crippen molar-refractivity contribution < 1.29 is 23.2 Å². The van der Waals surface area contributed by atoms with Gasteiger partial charge in [-0.3, -0.25) is 10.1 Å². The van der Waals surface area contributed by atoms with Crippen molar-refractivity contribution in [3.8, 4) is 28.7 Å². The molecule has 0 amide bonds. The van der Waals surface area contributed by atoms with Crippen LogP contribution >= 0.6 is 11.8 Å². The van der Waals surface area contributed by atoms with Gasteiger partial charge in [-0.1, -0.05) is 12.1 Å². The van der Waals surface area contributed by atoms with Crippen LogP contribution in [-0.4, -0.2) is 28.5 Å². The van der Waals surface area contributed by atoms with Crippen molar-refractivity contribution in [1.29, 1.82) is 5.26 Å². The second-order valence-corrected chi connectivity index (χ2v) is 6.74. The number of aromatic amines is 1. The highest BCUT2D eigenvalue weighted by molar-refractivity contribution is 8.03. The third kappa shape index (κ3) is 4.52. The fraction of sp³-hybridized carbons (Fsp3) is 0.235. The summed E-state index contributed by atoms with van der Waals surface area (Å²) in [5.41, 5.74) is 1.24. The first-order valence-electron chi connectivity index (χ1n) is 8.08. The van der Waals surface area contributed by atoms with Gasteiger partial charge in [0.2, 0.25) is 0 Å². The standard InChI is InChI=1S/C12H6F2N2O2.C5H8N2O2S/c13-12(14)17-10-3-1-2-8(11(10)18-12)9-6-16-5-7(9)4-15;8-7(9)4-5-6-2-1-3-10-5/h1-3,5-6,16H;4,6H,1-3H2/b;5-4-. The number of thioether (sulfide) groups is 1. The van der Waals surface area contributed by atoms with Gasteiger partial charge in [0, 0.05) is 35.8 Å². The normalized spacial score (nSPS) is 17.8. The number of nitrogens with zero attached hydrogens (tertiary/aromatic N) is 2. The quantitative estimate of drug-likeness (QED) is 0.576. The Labute approximate surface area is 162 Å². The lowest BCUT2D eigenvalue weighted by Crippen LogP contribution is -2.26. The summed E-state index contributed by atoms with van der Waals surface area (Å²) < 4.78 is 34.9. The van der Waals surface area contributed by atoms with Gasteiger partial charge in [-0.05, 0) is 12.5 Å². The van der Waals surface area contributed by atoms with Crippen molar-refractivity contribution in [3.63, 3.8) is 0 Å². The van der Waals surface area contributed by atoms with Gasteiger partial charge in [-0.15, -0.1) is 20.5 Å². The highest BCUT2D eigenvalue weighted by Gasteiger charge is 2.44. The van der Waals surface area contributed by atoms with Gasteiger partial charge in [0.05, 0.1) is 10.5 Å². The predicted octanol–water partition coefficient (Wildman–Crippen LogP) is 3.66. The molecule has 0 aliphatic carbocycles. The maximum Gasteiger partial charge on any atom is 0.586 e. The second kappa shape index (κ2) is 8.18.